The first-order valence-electron chi connectivity index (χ1n) is 6.54. The molecule has 1 atom stereocenters. The second-order valence-corrected chi connectivity index (χ2v) is 5.81. The molecule has 0 bridgehead atoms. The van der Waals surface area contributed by atoms with E-state index in [9.17, 15) is 5.26 Å². The van der Waals surface area contributed by atoms with Gasteiger partial charge < -0.3 is 9.88 Å². The minimum Gasteiger partial charge on any atom is -0.361 e. The smallest absolute Gasteiger partial charge is 0.162 e. The standard InChI is InChI=1S/C15H12ClN5S/c1-21-8-7-18-14(21)12(10-5-3-2-4-6-10)19-15-11(9-17)13(16)20-22-15/h2-8,12,19H,1H3. The Labute approximate surface area is 137 Å². The lowest BCUT2D eigenvalue weighted by Gasteiger charge is -2.19. The van der Waals surface area contributed by atoms with Crippen LogP contribution in [0.1, 0.15) is 23.0 Å². The van der Waals surface area contributed by atoms with Gasteiger partial charge in [0, 0.05) is 19.4 Å². The molecule has 7 heteroatoms. The highest BCUT2D eigenvalue weighted by molar-refractivity contribution is 7.10. The van der Waals surface area contributed by atoms with Gasteiger partial charge in [0.15, 0.2) is 5.15 Å². The maximum atomic E-state index is 9.23. The van der Waals surface area contributed by atoms with E-state index in [1.54, 1.807) is 6.20 Å². The van der Waals surface area contributed by atoms with Crippen LogP contribution in [0.3, 0.4) is 0 Å². The average Bonchev–Trinajstić information content (AvgIpc) is 3.11. The molecule has 2 heterocycles. The summed E-state index contributed by atoms with van der Waals surface area (Å²) in [5, 5.41) is 13.4. The molecule has 3 aromatic rings. The summed E-state index contributed by atoms with van der Waals surface area (Å²) in [6, 6.07) is 11.8. The van der Waals surface area contributed by atoms with Crippen LogP contribution in [0.15, 0.2) is 42.7 Å². The molecule has 2 aromatic heterocycles. The summed E-state index contributed by atoms with van der Waals surface area (Å²) in [6.07, 6.45) is 3.63. The van der Waals surface area contributed by atoms with Crippen LogP contribution in [0.4, 0.5) is 5.00 Å². The predicted molar refractivity (Wildman–Crippen MR) is 87.0 cm³/mol. The summed E-state index contributed by atoms with van der Waals surface area (Å²) < 4.78 is 5.98. The van der Waals surface area contributed by atoms with E-state index in [4.69, 9.17) is 11.6 Å². The molecular weight excluding hydrogens is 318 g/mol. The molecule has 0 spiro atoms. The maximum Gasteiger partial charge on any atom is 0.162 e. The SMILES string of the molecule is Cn1ccnc1C(Nc1snc(Cl)c1C#N)c1ccccc1. The Hall–Kier alpha value is -2.36. The molecule has 110 valence electrons. The monoisotopic (exact) mass is 329 g/mol. The number of nitriles is 1. The Bertz CT molecular complexity index is 818. The van der Waals surface area contributed by atoms with E-state index < -0.39 is 0 Å². The fourth-order valence-electron chi connectivity index (χ4n) is 2.19. The van der Waals surface area contributed by atoms with Crippen molar-refractivity contribution in [3.8, 4) is 6.07 Å². The van der Waals surface area contributed by atoms with Gasteiger partial charge in [-0.1, -0.05) is 41.9 Å². The van der Waals surface area contributed by atoms with Crippen molar-refractivity contribution in [2.24, 2.45) is 7.05 Å². The zero-order valence-corrected chi connectivity index (χ0v) is 13.3. The lowest BCUT2D eigenvalue weighted by molar-refractivity contribution is 0.750. The highest BCUT2D eigenvalue weighted by Gasteiger charge is 2.21. The van der Waals surface area contributed by atoms with Crippen LogP contribution < -0.4 is 5.32 Å². The topological polar surface area (TPSA) is 66.5 Å². The van der Waals surface area contributed by atoms with E-state index in [0.717, 1.165) is 11.4 Å². The predicted octanol–water partition coefficient (Wildman–Crippen LogP) is 3.60. The van der Waals surface area contributed by atoms with Gasteiger partial charge in [-0.15, -0.1) is 0 Å². The van der Waals surface area contributed by atoms with Crippen LogP contribution in [0.2, 0.25) is 5.15 Å². The number of nitrogens with one attached hydrogen (secondary N) is 1. The molecule has 1 aromatic carbocycles. The van der Waals surface area contributed by atoms with E-state index in [0.29, 0.717) is 10.6 Å². The fourth-order valence-corrected chi connectivity index (χ4v) is 3.16. The number of rotatable bonds is 4. The van der Waals surface area contributed by atoms with Crippen molar-refractivity contribution < 1.29 is 0 Å². The first-order valence-corrected chi connectivity index (χ1v) is 7.70. The molecule has 5 nitrogen and oxygen atoms in total. The molecule has 1 N–H and O–H groups in total. The van der Waals surface area contributed by atoms with Gasteiger partial charge in [0.1, 0.15) is 28.5 Å². The number of hydrogen-bond acceptors (Lipinski definition) is 5. The van der Waals surface area contributed by atoms with E-state index >= 15 is 0 Å². The molecule has 22 heavy (non-hydrogen) atoms. The van der Waals surface area contributed by atoms with Gasteiger partial charge in [0.25, 0.3) is 0 Å². The van der Waals surface area contributed by atoms with Crippen molar-refractivity contribution in [3.63, 3.8) is 0 Å². The molecule has 0 radical (unpaired) electrons. The number of aromatic nitrogens is 3. The number of benzene rings is 1. The van der Waals surface area contributed by atoms with Gasteiger partial charge in [0.05, 0.1) is 0 Å². The van der Waals surface area contributed by atoms with Crippen LogP contribution in [-0.4, -0.2) is 13.9 Å². The molecule has 0 amide bonds. The summed E-state index contributed by atoms with van der Waals surface area (Å²) >= 11 is 7.12. The minimum absolute atomic E-state index is 0.190. The summed E-state index contributed by atoms with van der Waals surface area (Å²) in [5.74, 6) is 0.847. The molecule has 0 aliphatic heterocycles. The first kappa shape index (κ1) is 14.6. The Morgan fingerprint density at radius 2 is 2.14 bits per heavy atom. The number of aryl methyl sites for hydroxylation is 1. The summed E-state index contributed by atoms with van der Waals surface area (Å²) in [6.45, 7) is 0. The summed E-state index contributed by atoms with van der Waals surface area (Å²) in [4.78, 5) is 4.42. The minimum atomic E-state index is -0.190. The van der Waals surface area contributed by atoms with Gasteiger partial charge in [-0.2, -0.15) is 9.64 Å². The Morgan fingerprint density at radius 3 is 2.77 bits per heavy atom. The van der Waals surface area contributed by atoms with E-state index in [1.807, 2.05) is 48.1 Å². The first-order chi connectivity index (χ1) is 10.7. The number of anilines is 1. The van der Waals surface area contributed by atoms with Crippen LogP contribution >= 0.6 is 23.1 Å². The van der Waals surface area contributed by atoms with Crippen molar-refractivity contribution in [1.29, 1.82) is 5.26 Å². The van der Waals surface area contributed by atoms with Crippen molar-refractivity contribution in [3.05, 3.63) is 64.8 Å². The van der Waals surface area contributed by atoms with E-state index in [-0.39, 0.29) is 11.2 Å². The van der Waals surface area contributed by atoms with Crippen molar-refractivity contribution in [1.82, 2.24) is 13.9 Å². The third-order valence-corrected chi connectivity index (χ3v) is 4.44. The van der Waals surface area contributed by atoms with Gasteiger partial charge in [-0.25, -0.2) is 4.98 Å². The zero-order valence-electron chi connectivity index (χ0n) is 11.7. The number of halogens is 1. The average molecular weight is 330 g/mol. The van der Waals surface area contributed by atoms with E-state index in [1.165, 1.54) is 11.5 Å². The molecule has 0 saturated carbocycles. The third-order valence-electron chi connectivity index (χ3n) is 3.29. The number of imidazole rings is 1. The van der Waals surface area contributed by atoms with Gasteiger partial charge in [0.2, 0.25) is 0 Å². The van der Waals surface area contributed by atoms with Gasteiger partial charge in [-0.3, -0.25) is 0 Å². The maximum absolute atomic E-state index is 9.23. The summed E-state index contributed by atoms with van der Waals surface area (Å²) in [5.41, 5.74) is 1.41. The Balaban J connectivity index is 2.04. The molecule has 3 rings (SSSR count). The second kappa shape index (κ2) is 6.18. The van der Waals surface area contributed by atoms with Crippen molar-refractivity contribution >= 4 is 28.1 Å². The normalized spacial score (nSPS) is 11.9. The molecule has 1 unspecified atom stereocenters. The zero-order chi connectivity index (χ0) is 15.5. The second-order valence-electron chi connectivity index (χ2n) is 4.67. The highest BCUT2D eigenvalue weighted by atomic mass is 35.5. The summed E-state index contributed by atoms with van der Waals surface area (Å²) in [7, 11) is 1.94. The van der Waals surface area contributed by atoms with Crippen LogP contribution in [0, 0.1) is 11.3 Å². The van der Waals surface area contributed by atoms with Crippen LogP contribution in [-0.2, 0) is 7.05 Å². The van der Waals surface area contributed by atoms with Crippen LogP contribution in [0.5, 0.6) is 0 Å². The Morgan fingerprint density at radius 1 is 1.36 bits per heavy atom. The molecular formula is C15H12ClN5S. The van der Waals surface area contributed by atoms with Crippen LogP contribution in [0.25, 0.3) is 0 Å². The third kappa shape index (κ3) is 2.69. The fraction of sp³-hybridized carbons (Fsp3) is 0.133. The van der Waals surface area contributed by atoms with E-state index in [2.05, 4.69) is 20.7 Å². The molecule has 0 aliphatic rings. The highest BCUT2D eigenvalue weighted by Crippen LogP contribution is 2.32. The number of hydrogen-bond donors (Lipinski definition) is 1. The van der Waals surface area contributed by atoms with Gasteiger partial charge in [-0.05, 0) is 17.1 Å². The lowest BCUT2D eigenvalue weighted by atomic mass is 10.1. The molecule has 0 fully saturated rings. The largest absolute Gasteiger partial charge is 0.361 e. The lowest BCUT2D eigenvalue weighted by Crippen LogP contribution is -2.16. The molecule has 0 aliphatic carbocycles. The quantitative estimate of drug-likeness (QED) is 0.794. The van der Waals surface area contributed by atoms with Crippen molar-refractivity contribution in [2.75, 3.05) is 5.32 Å². The molecule has 0 saturated heterocycles. The van der Waals surface area contributed by atoms with Crippen molar-refractivity contribution in [2.45, 2.75) is 6.04 Å². The van der Waals surface area contributed by atoms with Gasteiger partial charge >= 0.3 is 0 Å². The Kier molecular flexibility index (Phi) is 4.09. The number of nitrogens with zero attached hydrogens (tertiary/aromatic N) is 4.